The summed E-state index contributed by atoms with van der Waals surface area (Å²) in [5, 5.41) is 35.0. The van der Waals surface area contributed by atoms with Crippen LogP contribution in [0.2, 0.25) is 0 Å². The van der Waals surface area contributed by atoms with Crippen molar-refractivity contribution in [3.05, 3.63) is 136 Å². The van der Waals surface area contributed by atoms with Crippen molar-refractivity contribution < 1.29 is 10.0 Å². The maximum atomic E-state index is 14.8. The van der Waals surface area contributed by atoms with Gasteiger partial charge in [-0.3, -0.25) is 4.79 Å². The molecule has 2 aliphatic heterocycles. The van der Waals surface area contributed by atoms with Gasteiger partial charge in [-0.15, -0.1) is 11.3 Å². The van der Waals surface area contributed by atoms with Gasteiger partial charge >= 0.3 is 0 Å². The molecule has 0 unspecified atom stereocenters. The zero-order chi connectivity index (χ0) is 27.0. The fourth-order valence-corrected chi connectivity index (χ4v) is 7.09. The number of rotatable bonds is 5. The van der Waals surface area contributed by atoms with Crippen LogP contribution < -0.4 is 4.90 Å². The summed E-state index contributed by atoms with van der Waals surface area (Å²) in [7, 11) is 0. The molecule has 4 atom stereocenters. The minimum atomic E-state index is -1.54. The van der Waals surface area contributed by atoms with E-state index >= 15 is 0 Å². The van der Waals surface area contributed by atoms with E-state index in [0.29, 0.717) is 17.8 Å². The molecule has 0 bridgehead atoms. The molecule has 3 aromatic carbocycles. The Hall–Kier alpha value is -4.53. The number of fused-ring (bicyclic) bond motifs is 2. The Morgan fingerprint density at radius 2 is 1.59 bits per heavy atom. The van der Waals surface area contributed by atoms with E-state index in [1.807, 2.05) is 115 Å². The van der Waals surface area contributed by atoms with E-state index in [2.05, 4.69) is 0 Å². The number of hydrogen-bond donors (Lipinski definition) is 1. The molecular formula is C32H24N4O2S. The van der Waals surface area contributed by atoms with Crippen molar-refractivity contribution in [3.8, 4) is 12.1 Å². The van der Waals surface area contributed by atoms with Crippen molar-refractivity contribution in [2.75, 3.05) is 4.90 Å². The van der Waals surface area contributed by atoms with Crippen LogP contribution >= 0.6 is 11.3 Å². The Morgan fingerprint density at radius 1 is 0.923 bits per heavy atom. The number of hydrogen-bond acceptors (Lipinski definition) is 6. The molecule has 1 spiro atoms. The first-order valence-electron chi connectivity index (χ1n) is 12.6. The Morgan fingerprint density at radius 3 is 2.26 bits per heavy atom. The number of carbonyl (C=O) groups excluding carboxylic acids is 1. The third kappa shape index (κ3) is 3.79. The SMILES string of the molecule is N#CC(C#N)=C[C@@H]1[C@@H](c2ccccc2)[C@H](c2cccs2)N(O)[C@@]12C(=O)N(Cc1ccccc1)c1ccccc12. The van der Waals surface area contributed by atoms with Crippen molar-refractivity contribution >= 4 is 22.9 Å². The van der Waals surface area contributed by atoms with Gasteiger partial charge in [-0.2, -0.15) is 15.6 Å². The molecule has 39 heavy (non-hydrogen) atoms. The van der Waals surface area contributed by atoms with Crippen LogP contribution in [0.15, 0.2) is 114 Å². The highest BCUT2D eigenvalue weighted by Gasteiger charge is 2.68. The van der Waals surface area contributed by atoms with Gasteiger partial charge in [-0.05, 0) is 34.7 Å². The van der Waals surface area contributed by atoms with Crippen LogP contribution in [-0.4, -0.2) is 16.2 Å². The second-order valence-electron chi connectivity index (χ2n) is 9.73. The number of amides is 1. The van der Waals surface area contributed by atoms with Crippen LogP contribution in [0.4, 0.5) is 5.69 Å². The molecule has 0 radical (unpaired) electrons. The average Bonchev–Trinajstić information content (AvgIpc) is 3.66. The molecular weight excluding hydrogens is 504 g/mol. The van der Waals surface area contributed by atoms with Crippen molar-refractivity contribution in [2.45, 2.75) is 24.0 Å². The van der Waals surface area contributed by atoms with Gasteiger partial charge in [0.05, 0.1) is 12.6 Å². The number of nitrogens with zero attached hydrogens (tertiary/aromatic N) is 4. The van der Waals surface area contributed by atoms with Gasteiger partial charge in [0.1, 0.15) is 17.7 Å². The third-order valence-electron chi connectivity index (χ3n) is 7.80. The first kappa shape index (κ1) is 24.8. The summed E-state index contributed by atoms with van der Waals surface area (Å²) in [5.74, 6) is -1.41. The molecule has 7 heteroatoms. The topological polar surface area (TPSA) is 91.4 Å². The highest BCUT2D eigenvalue weighted by Crippen LogP contribution is 2.63. The number of hydroxylamine groups is 2. The standard InChI is InChI=1S/C32H24N4O2S/c33-19-23(20-34)18-26-29(24-12-5-2-6-13-24)30(28-16-9-17-39-28)36(38)32(26)25-14-7-8-15-27(25)35(31(32)37)21-22-10-3-1-4-11-22/h1-18,26,29-30,38H,21H2/t26-,29-,30+,32-/m1/s1. The van der Waals surface area contributed by atoms with E-state index in [9.17, 15) is 20.5 Å². The quantitative estimate of drug-likeness (QED) is 0.307. The largest absolute Gasteiger partial charge is 0.312 e. The second kappa shape index (κ2) is 9.98. The molecule has 0 saturated carbocycles. The first-order chi connectivity index (χ1) is 19.1. The van der Waals surface area contributed by atoms with Crippen molar-refractivity contribution in [3.63, 3.8) is 0 Å². The van der Waals surface area contributed by atoms with Gasteiger partial charge in [0, 0.05) is 28.0 Å². The van der Waals surface area contributed by atoms with Crippen molar-refractivity contribution in [1.29, 1.82) is 10.5 Å². The monoisotopic (exact) mass is 528 g/mol. The van der Waals surface area contributed by atoms with Gasteiger partial charge in [-0.25, -0.2) is 0 Å². The zero-order valence-electron chi connectivity index (χ0n) is 20.9. The van der Waals surface area contributed by atoms with Gasteiger partial charge in [0.15, 0.2) is 5.54 Å². The number of carbonyl (C=O) groups is 1. The highest BCUT2D eigenvalue weighted by molar-refractivity contribution is 7.10. The molecule has 3 heterocycles. The van der Waals surface area contributed by atoms with Crippen LogP contribution in [0, 0.1) is 28.6 Å². The predicted octanol–water partition coefficient (Wildman–Crippen LogP) is 6.31. The number of nitriles is 2. The third-order valence-corrected chi connectivity index (χ3v) is 8.74. The lowest BCUT2D eigenvalue weighted by Crippen LogP contribution is -2.51. The lowest BCUT2D eigenvalue weighted by atomic mass is 9.72. The smallest absolute Gasteiger partial charge is 0.255 e. The van der Waals surface area contributed by atoms with E-state index < -0.39 is 23.4 Å². The van der Waals surface area contributed by atoms with Gasteiger partial charge in [0.25, 0.3) is 5.91 Å². The van der Waals surface area contributed by atoms with Gasteiger partial charge in [0.2, 0.25) is 0 Å². The van der Waals surface area contributed by atoms with Crippen molar-refractivity contribution in [2.24, 2.45) is 5.92 Å². The maximum absolute atomic E-state index is 14.8. The van der Waals surface area contributed by atoms with Gasteiger partial charge in [-0.1, -0.05) is 84.9 Å². The number of benzene rings is 3. The Bertz CT molecular complexity index is 1610. The summed E-state index contributed by atoms with van der Waals surface area (Å²) in [5.41, 5.74) is 1.60. The molecule has 6 nitrogen and oxygen atoms in total. The van der Waals surface area contributed by atoms with E-state index in [4.69, 9.17) is 0 Å². The molecule has 2 aliphatic rings. The maximum Gasteiger partial charge on any atom is 0.255 e. The zero-order valence-corrected chi connectivity index (χ0v) is 21.7. The van der Waals surface area contributed by atoms with E-state index in [0.717, 1.165) is 16.0 Å². The Kier molecular flexibility index (Phi) is 6.34. The molecule has 6 rings (SSSR count). The molecule has 190 valence electrons. The summed E-state index contributed by atoms with van der Waals surface area (Å²) in [6.45, 7) is 0.325. The van der Waals surface area contributed by atoms with Crippen molar-refractivity contribution in [1.82, 2.24) is 5.06 Å². The summed E-state index contributed by atoms with van der Waals surface area (Å²) in [4.78, 5) is 17.4. The Labute approximate surface area is 230 Å². The van der Waals surface area contributed by atoms with Crippen LogP contribution in [-0.2, 0) is 16.9 Å². The van der Waals surface area contributed by atoms with Crippen LogP contribution in [0.1, 0.15) is 33.5 Å². The van der Waals surface area contributed by atoms with Gasteiger partial charge < -0.3 is 10.1 Å². The number of para-hydroxylation sites is 1. The molecule has 1 fully saturated rings. The summed E-state index contributed by atoms with van der Waals surface area (Å²) >= 11 is 1.51. The molecule has 0 aliphatic carbocycles. The van der Waals surface area contributed by atoms with Crippen LogP contribution in [0.5, 0.6) is 0 Å². The van der Waals surface area contributed by atoms with Crippen LogP contribution in [0.3, 0.4) is 0 Å². The minimum absolute atomic E-state index is 0.0904. The summed E-state index contributed by atoms with van der Waals surface area (Å²) in [6.07, 6.45) is 1.59. The molecule has 1 amide bonds. The fraction of sp³-hybridized carbons (Fsp3) is 0.156. The molecule has 1 N–H and O–H groups in total. The number of anilines is 1. The number of allylic oxidation sites excluding steroid dienone is 1. The predicted molar refractivity (Wildman–Crippen MR) is 148 cm³/mol. The normalized spacial score (nSPS) is 23.8. The molecule has 1 aromatic heterocycles. The van der Waals surface area contributed by atoms with E-state index in [1.54, 1.807) is 11.0 Å². The average molecular weight is 529 g/mol. The summed E-state index contributed by atoms with van der Waals surface area (Å²) < 4.78 is 0. The number of thiophene rings is 1. The van der Waals surface area contributed by atoms with Crippen LogP contribution in [0.25, 0.3) is 0 Å². The van der Waals surface area contributed by atoms with E-state index in [-0.39, 0.29) is 11.5 Å². The fourth-order valence-electron chi connectivity index (χ4n) is 6.23. The highest BCUT2D eigenvalue weighted by atomic mass is 32.1. The molecule has 1 saturated heterocycles. The Balaban J connectivity index is 1.63. The lowest BCUT2D eigenvalue weighted by Gasteiger charge is -2.35. The molecule has 4 aromatic rings. The summed E-state index contributed by atoms with van der Waals surface area (Å²) in [6, 6.07) is 34.2. The first-order valence-corrected chi connectivity index (χ1v) is 13.5. The second-order valence-corrected chi connectivity index (χ2v) is 10.7. The lowest BCUT2D eigenvalue weighted by molar-refractivity contribution is -0.189. The van der Waals surface area contributed by atoms with E-state index in [1.165, 1.54) is 16.4 Å². The minimum Gasteiger partial charge on any atom is -0.312 e.